The number of piperidine rings is 1. The molecule has 0 radical (unpaired) electrons. The van der Waals surface area contributed by atoms with E-state index in [0.29, 0.717) is 17.5 Å². The largest absolute Gasteiger partial charge is 0.372 e. The summed E-state index contributed by atoms with van der Waals surface area (Å²) in [5.74, 6) is 0.282. The molecule has 0 aliphatic carbocycles. The van der Waals surface area contributed by atoms with Crippen molar-refractivity contribution in [1.82, 2.24) is 5.32 Å². The zero-order chi connectivity index (χ0) is 15.9. The molecule has 0 bridgehead atoms. The normalized spacial score (nSPS) is 14.8. The zero-order valence-corrected chi connectivity index (χ0v) is 14.2. The van der Waals surface area contributed by atoms with E-state index in [1.165, 1.54) is 24.9 Å². The summed E-state index contributed by atoms with van der Waals surface area (Å²) in [6, 6.07) is 8.22. The van der Waals surface area contributed by atoms with Crippen LogP contribution < -0.4 is 15.5 Å². The van der Waals surface area contributed by atoms with Crippen LogP contribution in [0.4, 0.5) is 11.4 Å². The highest BCUT2D eigenvalue weighted by atomic mass is 32.1. The van der Waals surface area contributed by atoms with Crippen LogP contribution in [0.5, 0.6) is 0 Å². The molecule has 1 aliphatic heterocycles. The molecule has 4 nitrogen and oxygen atoms in total. The van der Waals surface area contributed by atoms with Gasteiger partial charge in [0, 0.05) is 30.9 Å². The Morgan fingerprint density at radius 3 is 2.41 bits per heavy atom. The molecule has 1 aromatic rings. The van der Waals surface area contributed by atoms with Crippen molar-refractivity contribution in [2.75, 3.05) is 23.3 Å². The minimum absolute atomic E-state index is 0.0440. The Hall–Kier alpha value is -1.62. The highest BCUT2D eigenvalue weighted by Gasteiger charge is 2.11. The van der Waals surface area contributed by atoms with E-state index in [1.54, 1.807) is 0 Å². The number of thiocarbonyl (C=S) groups is 1. The molecule has 22 heavy (non-hydrogen) atoms. The number of nitrogens with zero attached hydrogens (tertiary/aromatic N) is 1. The molecule has 1 saturated heterocycles. The summed E-state index contributed by atoms with van der Waals surface area (Å²) in [6.07, 6.45) is 4.36. The SMILES string of the molecule is CC(C)CC(=O)NC(=S)Nc1ccc(N2CCCCC2)cc1. The van der Waals surface area contributed by atoms with Crippen molar-refractivity contribution in [1.29, 1.82) is 0 Å². The lowest BCUT2D eigenvalue weighted by Crippen LogP contribution is -2.34. The number of rotatable bonds is 4. The lowest BCUT2D eigenvalue weighted by Gasteiger charge is -2.28. The second-order valence-electron chi connectivity index (χ2n) is 6.19. The van der Waals surface area contributed by atoms with Crippen LogP contribution in [0.1, 0.15) is 39.5 Å². The van der Waals surface area contributed by atoms with Crippen molar-refractivity contribution in [3.05, 3.63) is 24.3 Å². The summed E-state index contributed by atoms with van der Waals surface area (Å²) in [4.78, 5) is 14.1. The molecule has 1 heterocycles. The van der Waals surface area contributed by atoms with E-state index in [9.17, 15) is 4.79 Å². The fourth-order valence-electron chi connectivity index (χ4n) is 2.62. The number of hydrogen-bond donors (Lipinski definition) is 2. The molecule has 1 fully saturated rings. The molecule has 5 heteroatoms. The molecule has 0 unspecified atom stereocenters. The van der Waals surface area contributed by atoms with Gasteiger partial charge in [0.1, 0.15) is 0 Å². The number of amides is 1. The van der Waals surface area contributed by atoms with Gasteiger partial charge in [-0.3, -0.25) is 4.79 Å². The molecule has 120 valence electrons. The number of carbonyl (C=O) groups is 1. The number of benzene rings is 1. The molecule has 1 aliphatic rings. The highest BCUT2D eigenvalue weighted by Crippen LogP contribution is 2.21. The maximum absolute atomic E-state index is 11.7. The van der Waals surface area contributed by atoms with E-state index in [1.807, 2.05) is 26.0 Å². The molecular formula is C17H25N3OS. The molecule has 2 N–H and O–H groups in total. The fraction of sp³-hybridized carbons (Fsp3) is 0.529. The van der Waals surface area contributed by atoms with Gasteiger partial charge in [0.05, 0.1) is 0 Å². The minimum atomic E-state index is -0.0440. The van der Waals surface area contributed by atoms with Gasteiger partial charge in [-0.15, -0.1) is 0 Å². The first-order valence-electron chi connectivity index (χ1n) is 8.00. The van der Waals surface area contributed by atoms with Crippen LogP contribution in [-0.2, 0) is 4.79 Å². The number of carbonyl (C=O) groups excluding carboxylic acids is 1. The van der Waals surface area contributed by atoms with Crippen molar-refractivity contribution in [2.24, 2.45) is 5.92 Å². The third-order valence-corrected chi connectivity index (χ3v) is 3.90. The van der Waals surface area contributed by atoms with E-state index >= 15 is 0 Å². The first-order chi connectivity index (χ1) is 10.5. The standard InChI is InChI=1S/C17H25N3OS/c1-13(2)12-16(21)19-17(22)18-14-6-8-15(9-7-14)20-10-4-3-5-11-20/h6-9,13H,3-5,10-12H2,1-2H3,(H2,18,19,21,22). The summed E-state index contributed by atoms with van der Waals surface area (Å²) < 4.78 is 0. The zero-order valence-electron chi connectivity index (χ0n) is 13.4. The Morgan fingerprint density at radius 1 is 1.18 bits per heavy atom. The number of nitrogens with one attached hydrogen (secondary N) is 2. The van der Waals surface area contributed by atoms with E-state index in [0.717, 1.165) is 18.8 Å². The molecule has 0 atom stereocenters. The van der Waals surface area contributed by atoms with Gasteiger partial charge in [-0.05, 0) is 61.7 Å². The van der Waals surface area contributed by atoms with E-state index in [2.05, 4.69) is 27.7 Å². The topological polar surface area (TPSA) is 44.4 Å². The Bertz CT molecular complexity index is 507. The first kappa shape index (κ1) is 16.7. The number of hydrogen-bond acceptors (Lipinski definition) is 3. The third kappa shape index (κ3) is 5.30. The van der Waals surface area contributed by atoms with Gasteiger partial charge in [-0.2, -0.15) is 0 Å². The monoisotopic (exact) mass is 319 g/mol. The van der Waals surface area contributed by atoms with Crippen molar-refractivity contribution in [2.45, 2.75) is 39.5 Å². The smallest absolute Gasteiger partial charge is 0.226 e. The van der Waals surface area contributed by atoms with Gasteiger partial charge in [-0.25, -0.2) is 0 Å². The molecule has 2 rings (SSSR count). The fourth-order valence-corrected chi connectivity index (χ4v) is 2.85. The summed E-state index contributed by atoms with van der Waals surface area (Å²) in [5.41, 5.74) is 2.15. The summed E-state index contributed by atoms with van der Waals surface area (Å²) in [5, 5.41) is 6.12. The van der Waals surface area contributed by atoms with Crippen LogP contribution in [0.15, 0.2) is 24.3 Å². The Labute approximate surface area is 138 Å². The lowest BCUT2D eigenvalue weighted by molar-refractivity contribution is -0.120. The third-order valence-electron chi connectivity index (χ3n) is 3.69. The molecule has 1 aromatic carbocycles. The predicted molar refractivity (Wildman–Crippen MR) is 96.3 cm³/mol. The van der Waals surface area contributed by atoms with E-state index in [-0.39, 0.29) is 5.91 Å². The van der Waals surface area contributed by atoms with E-state index < -0.39 is 0 Å². The minimum Gasteiger partial charge on any atom is -0.372 e. The quantitative estimate of drug-likeness (QED) is 0.833. The van der Waals surface area contributed by atoms with Crippen LogP contribution in [0, 0.1) is 5.92 Å². The summed E-state index contributed by atoms with van der Waals surface area (Å²) >= 11 is 5.17. The van der Waals surface area contributed by atoms with Gasteiger partial charge in [0.15, 0.2) is 5.11 Å². The predicted octanol–water partition coefficient (Wildman–Crippen LogP) is 3.54. The Balaban J connectivity index is 1.85. The van der Waals surface area contributed by atoms with Crippen molar-refractivity contribution in [3.63, 3.8) is 0 Å². The average Bonchev–Trinajstić information content (AvgIpc) is 2.47. The van der Waals surface area contributed by atoms with Gasteiger partial charge in [-0.1, -0.05) is 13.8 Å². The van der Waals surface area contributed by atoms with Crippen LogP contribution in [0.3, 0.4) is 0 Å². The van der Waals surface area contributed by atoms with Crippen LogP contribution in [0.2, 0.25) is 0 Å². The van der Waals surface area contributed by atoms with Crippen LogP contribution in [-0.4, -0.2) is 24.1 Å². The second kappa shape index (κ2) is 8.13. The Morgan fingerprint density at radius 2 is 1.82 bits per heavy atom. The molecule has 0 spiro atoms. The molecule has 0 aromatic heterocycles. The van der Waals surface area contributed by atoms with Gasteiger partial charge in [0.2, 0.25) is 5.91 Å². The molecule has 0 saturated carbocycles. The summed E-state index contributed by atoms with van der Waals surface area (Å²) in [7, 11) is 0. The van der Waals surface area contributed by atoms with Crippen LogP contribution >= 0.6 is 12.2 Å². The number of anilines is 2. The van der Waals surface area contributed by atoms with E-state index in [4.69, 9.17) is 12.2 Å². The average molecular weight is 319 g/mol. The lowest BCUT2D eigenvalue weighted by atomic mass is 10.1. The first-order valence-corrected chi connectivity index (χ1v) is 8.41. The maximum atomic E-state index is 11.7. The van der Waals surface area contributed by atoms with Crippen LogP contribution in [0.25, 0.3) is 0 Å². The summed E-state index contributed by atoms with van der Waals surface area (Å²) in [6.45, 7) is 6.29. The van der Waals surface area contributed by atoms with Gasteiger partial charge in [0.25, 0.3) is 0 Å². The Kier molecular flexibility index (Phi) is 6.19. The van der Waals surface area contributed by atoms with Crippen molar-refractivity contribution >= 4 is 34.6 Å². The van der Waals surface area contributed by atoms with Gasteiger partial charge >= 0.3 is 0 Å². The van der Waals surface area contributed by atoms with Crippen molar-refractivity contribution in [3.8, 4) is 0 Å². The maximum Gasteiger partial charge on any atom is 0.226 e. The van der Waals surface area contributed by atoms with Crippen molar-refractivity contribution < 1.29 is 4.79 Å². The molecular weight excluding hydrogens is 294 g/mol. The second-order valence-corrected chi connectivity index (χ2v) is 6.60. The highest BCUT2D eigenvalue weighted by molar-refractivity contribution is 7.80. The molecule has 1 amide bonds. The van der Waals surface area contributed by atoms with Gasteiger partial charge < -0.3 is 15.5 Å².